The molecule has 4 rings (SSSR count). The first-order valence-corrected chi connectivity index (χ1v) is 14.9. The first kappa shape index (κ1) is 31.4. The van der Waals surface area contributed by atoms with Crippen LogP contribution in [0.5, 0.6) is 0 Å². The highest BCUT2D eigenvalue weighted by atomic mass is 16.7. The lowest BCUT2D eigenvalue weighted by Gasteiger charge is -2.41. The van der Waals surface area contributed by atoms with Gasteiger partial charge in [-0.25, -0.2) is 4.68 Å². The molecule has 1 aliphatic heterocycles. The van der Waals surface area contributed by atoms with E-state index in [1.54, 1.807) is 0 Å². The van der Waals surface area contributed by atoms with Crippen LogP contribution in [-0.4, -0.2) is 45.3 Å². The predicted molar refractivity (Wildman–Crippen MR) is 162 cm³/mol. The van der Waals surface area contributed by atoms with Gasteiger partial charge in [0.1, 0.15) is 5.60 Å². The summed E-state index contributed by atoms with van der Waals surface area (Å²) in [6, 6.07) is 19.8. The molecule has 8 nitrogen and oxygen atoms in total. The summed E-state index contributed by atoms with van der Waals surface area (Å²) in [5.74, 6) is -1.24. The van der Waals surface area contributed by atoms with E-state index in [0.717, 1.165) is 22.5 Å². The Morgan fingerprint density at radius 2 is 1.64 bits per heavy atom. The van der Waals surface area contributed by atoms with Crippen molar-refractivity contribution in [2.24, 2.45) is 0 Å². The maximum Gasteiger partial charge on any atom is 0.308 e. The van der Waals surface area contributed by atoms with E-state index in [1.807, 2.05) is 100.0 Å². The van der Waals surface area contributed by atoms with Gasteiger partial charge in [-0.3, -0.25) is 9.59 Å². The largest absolute Gasteiger partial charge is 0.460 e. The van der Waals surface area contributed by atoms with Gasteiger partial charge < -0.3 is 19.5 Å². The molecule has 1 saturated heterocycles. The van der Waals surface area contributed by atoms with Crippen LogP contribution in [0.3, 0.4) is 0 Å². The molecule has 42 heavy (non-hydrogen) atoms. The molecule has 2 aromatic carbocycles. The number of rotatable bonds is 10. The van der Waals surface area contributed by atoms with E-state index < -0.39 is 11.4 Å². The molecule has 2 heterocycles. The Hall–Kier alpha value is -3.49. The third kappa shape index (κ3) is 8.52. The van der Waals surface area contributed by atoms with E-state index in [-0.39, 0.29) is 36.4 Å². The fourth-order valence-corrected chi connectivity index (χ4v) is 5.51. The molecule has 1 aromatic heterocycles. The van der Waals surface area contributed by atoms with E-state index in [0.29, 0.717) is 31.5 Å². The highest BCUT2D eigenvalue weighted by Gasteiger charge is 2.37. The minimum absolute atomic E-state index is 0.0712. The number of carbonyl (C=O) groups excluding carboxylic acids is 2. The van der Waals surface area contributed by atoms with Crippen LogP contribution in [0.2, 0.25) is 0 Å². The van der Waals surface area contributed by atoms with E-state index >= 15 is 0 Å². The zero-order chi connectivity index (χ0) is 30.5. The molecule has 226 valence electrons. The van der Waals surface area contributed by atoms with Crippen LogP contribution in [0, 0.1) is 0 Å². The number of carbonyl (C=O) groups is 2. The Kier molecular flexibility index (Phi) is 9.89. The molecule has 8 heteroatoms. The van der Waals surface area contributed by atoms with Crippen LogP contribution in [0.1, 0.15) is 101 Å². The minimum atomic E-state index is -0.835. The number of nitrogens with one attached hydrogen (secondary N) is 1. The van der Waals surface area contributed by atoms with Crippen LogP contribution in [-0.2, 0) is 32.0 Å². The number of hydrogen-bond acceptors (Lipinski definition) is 6. The third-order valence-corrected chi connectivity index (χ3v) is 7.05. The zero-order valence-electron chi connectivity index (χ0n) is 26.0. The minimum Gasteiger partial charge on any atom is -0.460 e. The van der Waals surface area contributed by atoms with Crippen molar-refractivity contribution < 1.29 is 23.8 Å². The highest BCUT2D eigenvalue weighted by Crippen LogP contribution is 2.33. The average molecular weight is 576 g/mol. The van der Waals surface area contributed by atoms with Gasteiger partial charge in [0.05, 0.1) is 24.3 Å². The quantitative estimate of drug-likeness (QED) is 0.278. The van der Waals surface area contributed by atoms with Crippen molar-refractivity contribution in [2.45, 2.75) is 110 Å². The molecule has 1 aliphatic rings. The SMILES string of the molecule is CC(C)c1c(C(=O)NCc2ccccc2)nn(-c2ccccc2)c1CC[C@@H]1C[C@H](CC(=O)OC(C)(C)C)OC(C)(C)O1. The second kappa shape index (κ2) is 13.2. The van der Waals surface area contributed by atoms with Crippen LogP contribution in [0.15, 0.2) is 60.7 Å². The lowest BCUT2D eigenvalue weighted by molar-refractivity contribution is -0.300. The molecule has 0 spiro atoms. The number of hydrogen-bond donors (Lipinski definition) is 1. The fraction of sp³-hybridized carbons (Fsp3) is 0.500. The molecular weight excluding hydrogens is 530 g/mol. The van der Waals surface area contributed by atoms with Gasteiger partial charge >= 0.3 is 5.97 Å². The summed E-state index contributed by atoms with van der Waals surface area (Å²) in [5.41, 5.74) is 3.73. The monoisotopic (exact) mass is 575 g/mol. The summed E-state index contributed by atoms with van der Waals surface area (Å²) in [6.45, 7) is 14.0. The van der Waals surface area contributed by atoms with Crippen molar-refractivity contribution in [2.75, 3.05) is 0 Å². The van der Waals surface area contributed by atoms with Gasteiger partial charge in [0, 0.05) is 24.2 Å². The molecule has 1 fully saturated rings. The predicted octanol–water partition coefficient (Wildman–Crippen LogP) is 6.50. The van der Waals surface area contributed by atoms with Crippen LogP contribution in [0.4, 0.5) is 0 Å². The number of aromatic nitrogens is 2. The molecule has 0 saturated carbocycles. The van der Waals surface area contributed by atoms with Gasteiger partial charge in [-0.05, 0) is 71.1 Å². The van der Waals surface area contributed by atoms with Gasteiger partial charge in [-0.1, -0.05) is 62.4 Å². The van der Waals surface area contributed by atoms with Gasteiger partial charge in [0.2, 0.25) is 0 Å². The number of nitrogens with zero attached hydrogens (tertiary/aromatic N) is 2. The van der Waals surface area contributed by atoms with E-state index in [9.17, 15) is 9.59 Å². The van der Waals surface area contributed by atoms with Crippen LogP contribution < -0.4 is 5.32 Å². The maximum absolute atomic E-state index is 13.5. The van der Waals surface area contributed by atoms with Crippen molar-refractivity contribution in [3.05, 3.63) is 83.2 Å². The Morgan fingerprint density at radius 1 is 1.02 bits per heavy atom. The summed E-state index contributed by atoms with van der Waals surface area (Å²) in [4.78, 5) is 26.1. The van der Waals surface area contributed by atoms with Crippen molar-refractivity contribution in [3.8, 4) is 5.69 Å². The van der Waals surface area contributed by atoms with E-state index in [1.165, 1.54) is 0 Å². The van der Waals surface area contributed by atoms with E-state index in [4.69, 9.17) is 19.3 Å². The number of para-hydroxylation sites is 1. The average Bonchev–Trinajstić information content (AvgIpc) is 3.29. The Labute approximate surface area is 249 Å². The highest BCUT2D eigenvalue weighted by molar-refractivity contribution is 5.94. The third-order valence-electron chi connectivity index (χ3n) is 7.05. The van der Waals surface area contributed by atoms with Crippen LogP contribution in [0.25, 0.3) is 5.69 Å². The molecule has 1 N–H and O–H groups in total. The fourth-order valence-electron chi connectivity index (χ4n) is 5.51. The summed E-state index contributed by atoms with van der Waals surface area (Å²) in [6.07, 6.45) is 1.62. The summed E-state index contributed by atoms with van der Waals surface area (Å²) < 4.78 is 19.9. The Balaban J connectivity index is 1.57. The zero-order valence-corrected chi connectivity index (χ0v) is 26.0. The normalized spacial score (nSPS) is 18.6. The second-order valence-electron chi connectivity index (χ2n) is 12.7. The van der Waals surface area contributed by atoms with Gasteiger partial charge in [0.25, 0.3) is 5.91 Å². The van der Waals surface area contributed by atoms with E-state index in [2.05, 4.69) is 19.2 Å². The number of amides is 1. The van der Waals surface area contributed by atoms with Crippen molar-refractivity contribution in [1.29, 1.82) is 0 Å². The number of benzene rings is 2. The summed E-state index contributed by atoms with van der Waals surface area (Å²) in [7, 11) is 0. The van der Waals surface area contributed by atoms with Crippen LogP contribution >= 0.6 is 0 Å². The maximum atomic E-state index is 13.5. The number of ether oxygens (including phenoxy) is 3. The molecular formula is C34H45N3O5. The van der Waals surface area contributed by atoms with Crippen molar-refractivity contribution >= 4 is 11.9 Å². The first-order valence-electron chi connectivity index (χ1n) is 14.9. The van der Waals surface area contributed by atoms with Gasteiger partial charge in [0.15, 0.2) is 11.5 Å². The topological polar surface area (TPSA) is 91.7 Å². The smallest absolute Gasteiger partial charge is 0.308 e. The molecule has 0 radical (unpaired) electrons. The van der Waals surface area contributed by atoms with Gasteiger partial charge in [-0.2, -0.15) is 5.10 Å². The molecule has 3 aromatic rings. The van der Waals surface area contributed by atoms with Gasteiger partial charge in [-0.15, -0.1) is 0 Å². The lowest BCUT2D eigenvalue weighted by atomic mass is 9.95. The molecule has 0 unspecified atom stereocenters. The molecule has 0 bridgehead atoms. The summed E-state index contributed by atoms with van der Waals surface area (Å²) in [5, 5.41) is 7.93. The molecule has 2 atom stereocenters. The second-order valence-corrected chi connectivity index (χ2v) is 12.7. The molecule has 1 amide bonds. The standard InChI is InChI=1S/C34H45N3O5/c1-23(2)30-28(19-18-26-20-27(41-34(6,7)40-26)21-29(38)42-33(3,4)5)37(25-16-12-9-13-17-25)36-31(30)32(39)35-22-24-14-10-8-11-15-24/h8-17,23,26-27H,18-22H2,1-7H3,(H,35,39)/t26-,27-/m1/s1. The Bertz CT molecular complexity index is 1340. The first-order chi connectivity index (χ1) is 19.8. The van der Waals surface area contributed by atoms with Crippen molar-refractivity contribution in [1.82, 2.24) is 15.1 Å². The summed E-state index contributed by atoms with van der Waals surface area (Å²) >= 11 is 0. The Morgan fingerprint density at radius 3 is 2.26 bits per heavy atom. The lowest BCUT2D eigenvalue weighted by Crippen LogP contribution is -2.45. The van der Waals surface area contributed by atoms with Crippen molar-refractivity contribution in [3.63, 3.8) is 0 Å². The molecule has 0 aliphatic carbocycles. The number of esters is 1.